The Kier molecular flexibility index (Phi) is 7.19. The highest BCUT2D eigenvalue weighted by Crippen LogP contribution is 2.36. The molecule has 2 amide bonds. The van der Waals surface area contributed by atoms with Crippen molar-refractivity contribution in [2.45, 2.75) is 17.8 Å². The fourth-order valence-corrected chi connectivity index (χ4v) is 3.91. The number of anilines is 1. The van der Waals surface area contributed by atoms with E-state index in [2.05, 4.69) is 15.6 Å². The van der Waals surface area contributed by atoms with Crippen molar-refractivity contribution in [3.63, 3.8) is 0 Å². The van der Waals surface area contributed by atoms with Crippen molar-refractivity contribution in [3.05, 3.63) is 47.0 Å². The first kappa shape index (κ1) is 23.7. The number of nitrogens with zero attached hydrogens (tertiary/aromatic N) is 1. The van der Waals surface area contributed by atoms with Crippen molar-refractivity contribution >= 4 is 51.7 Å². The highest BCUT2D eigenvalue weighted by Gasteiger charge is 2.33. The molecule has 3 rings (SSSR count). The van der Waals surface area contributed by atoms with E-state index in [9.17, 15) is 22.8 Å². The van der Waals surface area contributed by atoms with Crippen LogP contribution in [0, 0.1) is 0 Å². The molecule has 1 aliphatic rings. The van der Waals surface area contributed by atoms with E-state index in [0.717, 1.165) is 30.0 Å². The molecule has 0 aliphatic carbocycles. The van der Waals surface area contributed by atoms with Gasteiger partial charge in [-0.05, 0) is 30.3 Å². The SMILES string of the molecule is COc1ccc(OC)c(N=C2NC(=O)C[C@@H](C(=O)Nc3cc(C(F)(F)F)ccc3Cl)S2)c1. The maximum absolute atomic E-state index is 13.0. The van der Waals surface area contributed by atoms with Crippen molar-refractivity contribution in [1.29, 1.82) is 0 Å². The summed E-state index contributed by atoms with van der Waals surface area (Å²) in [6.07, 6.45) is -4.79. The third-order valence-corrected chi connectivity index (χ3v) is 5.73. The zero-order valence-electron chi connectivity index (χ0n) is 16.7. The number of aliphatic imine (C=N–C) groups is 1. The maximum Gasteiger partial charge on any atom is 0.416 e. The zero-order chi connectivity index (χ0) is 23.5. The molecule has 2 N–H and O–H groups in total. The van der Waals surface area contributed by atoms with Gasteiger partial charge >= 0.3 is 6.18 Å². The smallest absolute Gasteiger partial charge is 0.416 e. The molecule has 2 aromatic carbocycles. The third kappa shape index (κ3) is 5.65. The van der Waals surface area contributed by atoms with E-state index in [0.29, 0.717) is 17.2 Å². The summed E-state index contributed by atoms with van der Waals surface area (Å²) < 4.78 is 49.3. The Balaban J connectivity index is 1.82. The predicted molar refractivity (Wildman–Crippen MR) is 116 cm³/mol. The minimum Gasteiger partial charge on any atom is -0.497 e. The number of alkyl halides is 3. The van der Waals surface area contributed by atoms with Gasteiger partial charge in [0, 0.05) is 12.5 Å². The second-order valence-electron chi connectivity index (χ2n) is 6.50. The number of amides is 2. The van der Waals surface area contributed by atoms with E-state index in [1.54, 1.807) is 18.2 Å². The number of amidine groups is 1. The third-order valence-electron chi connectivity index (χ3n) is 4.32. The Bertz CT molecular complexity index is 1080. The second kappa shape index (κ2) is 9.70. The van der Waals surface area contributed by atoms with E-state index < -0.39 is 28.8 Å². The number of nitrogens with one attached hydrogen (secondary N) is 2. The number of benzene rings is 2. The number of hydrogen-bond acceptors (Lipinski definition) is 6. The van der Waals surface area contributed by atoms with Crippen LogP contribution in [0.3, 0.4) is 0 Å². The summed E-state index contributed by atoms with van der Waals surface area (Å²) in [6, 6.07) is 7.49. The molecule has 1 saturated heterocycles. The van der Waals surface area contributed by atoms with E-state index in [1.807, 2.05) is 0 Å². The Morgan fingerprint density at radius 2 is 1.97 bits per heavy atom. The fourth-order valence-electron chi connectivity index (χ4n) is 2.75. The van der Waals surface area contributed by atoms with Crippen LogP contribution in [-0.4, -0.2) is 36.5 Å². The summed E-state index contributed by atoms with van der Waals surface area (Å²) in [7, 11) is 2.93. The number of halogens is 4. The quantitative estimate of drug-likeness (QED) is 0.642. The van der Waals surface area contributed by atoms with Crippen LogP contribution in [0.15, 0.2) is 41.4 Å². The van der Waals surface area contributed by atoms with Crippen molar-refractivity contribution in [2.24, 2.45) is 4.99 Å². The Morgan fingerprint density at radius 3 is 2.62 bits per heavy atom. The molecule has 170 valence electrons. The minimum atomic E-state index is -4.60. The molecule has 0 spiro atoms. The maximum atomic E-state index is 13.0. The van der Waals surface area contributed by atoms with Gasteiger partial charge in [-0.25, -0.2) is 4.99 Å². The Labute approximate surface area is 190 Å². The largest absolute Gasteiger partial charge is 0.497 e. The number of thioether (sulfide) groups is 1. The molecule has 0 unspecified atom stereocenters. The topological polar surface area (TPSA) is 89.0 Å². The summed E-state index contributed by atoms with van der Waals surface area (Å²) in [5.74, 6) is -0.239. The Morgan fingerprint density at radius 1 is 1.22 bits per heavy atom. The van der Waals surface area contributed by atoms with Crippen molar-refractivity contribution in [3.8, 4) is 11.5 Å². The lowest BCUT2D eigenvalue weighted by Crippen LogP contribution is -2.41. The summed E-state index contributed by atoms with van der Waals surface area (Å²) >= 11 is 6.89. The number of ether oxygens (including phenoxy) is 2. The molecular weight excluding hydrogens is 471 g/mol. The molecule has 1 atom stereocenters. The van der Waals surface area contributed by atoms with Gasteiger partial charge in [0.2, 0.25) is 11.8 Å². The molecule has 1 heterocycles. The number of methoxy groups -OCH3 is 2. The van der Waals surface area contributed by atoms with Crippen molar-refractivity contribution in [1.82, 2.24) is 5.32 Å². The monoisotopic (exact) mass is 487 g/mol. The standard InChI is InChI=1S/C20H17ClF3N3O4S/c1-30-11-4-6-15(31-2)14(8-11)26-19-27-17(28)9-16(32-19)18(29)25-13-7-10(20(22,23)24)3-5-12(13)21/h3-8,16H,9H2,1-2H3,(H,25,29)(H,26,27,28)/t16-/m0/s1. The summed E-state index contributed by atoms with van der Waals surface area (Å²) in [6.45, 7) is 0. The highest BCUT2D eigenvalue weighted by atomic mass is 35.5. The molecular formula is C20H17ClF3N3O4S. The summed E-state index contributed by atoms with van der Waals surface area (Å²) in [5.41, 5.74) is -0.804. The van der Waals surface area contributed by atoms with E-state index in [1.165, 1.54) is 14.2 Å². The van der Waals surface area contributed by atoms with Crippen LogP contribution in [0.25, 0.3) is 0 Å². The van der Waals surface area contributed by atoms with E-state index in [-0.39, 0.29) is 22.3 Å². The van der Waals surface area contributed by atoms with Crippen molar-refractivity contribution < 1.29 is 32.2 Å². The van der Waals surface area contributed by atoms with Gasteiger partial charge in [0.15, 0.2) is 5.17 Å². The normalized spacial score (nSPS) is 17.6. The zero-order valence-corrected chi connectivity index (χ0v) is 18.3. The van der Waals surface area contributed by atoms with Crippen LogP contribution in [0.1, 0.15) is 12.0 Å². The van der Waals surface area contributed by atoms with Crippen molar-refractivity contribution in [2.75, 3.05) is 19.5 Å². The number of rotatable bonds is 5. The first-order valence-corrected chi connectivity index (χ1v) is 10.3. The van der Waals surface area contributed by atoms with Gasteiger partial charge in [0.25, 0.3) is 0 Å². The first-order chi connectivity index (χ1) is 15.1. The van der Waals surface area contributed by atoms with Gasteiger partial charge in [0.1, 0.15) is 22.4 Å². The lowest BCUT2D eigenvalue weighted by Gasteiger charge is -2.23. The molecule has 1 fully saturated rings. The second-order valence-corrected chi connectivity index (χ2v) is 8.09. The predicted octanol–water partition coefficient (Wildman–Crippen LogP) is 4.62. The Hall–Kier alpha value is -2.92. The van der Waals surface area contributed by atoms with Crippen LogP contribution in [0.5, 0.6) is 11.5 Å². The molecule has 0 saturated carbocycles. The first-order valence-electron chi connectivity index (χ1n) is 9.05. The van der Waals surface area contributed by atoms with Gasteiger partial charge in [-0.1, -0.05) is 23.4 Å². The summed E-state index contributed by atoms with van der Waals surface area (Å²) in [4.78, 5) is 29.2. The molecule has 32 heavy (non-hydrogen) atoms. The number of carbonyl (C=O) groups excluding carboxylic acids is 2. The molecule has 0 radical (unpaired) electrons. The van der Waals surface area contributed by atoms with Crippen LogP contribution in [0.2, 0.25) is 5.02 Å². The molecule has 12 heteroatoms. The van der Waals surface area contributed by atoms with E-state index in [4.69, 9.17) is 21.1 Å². The number of carbonyl (C=O) groups is 2. The van der Waals surface area contributed by atoms with Crippen LogP contribution >= 0.6 is 23.4 Å². The summed E-state index contributed by atoms with van der Waals surface area (Å²) in [5, 5.41) is 4.06. The van der Waals surface area contributed by atoms with Gasteiger partial charge in [-0.3, -0.25) is 9.59 Å². The van der Waals surface area contributed by atoms with Crippen LogP contribution in [-0.2, 0) is 15.8 Å². The van der Waals surface area contributed by atoms with E-state index >= 15 is 0 Å². The molecule has 0 aromatic heterocycles. The van der Waals surface area contributed by atoms with Gasteiger partial charge in [-0.2, -0.15) is 13.2 Å². The average Bonchev–Trinajstić information content (AvgIpc) is 2.74. The molecule has 7 nitrogen and oxygen atoms in total. The lowest BCUT2D eigenvalue weighted by atomic mass is 10.2. The molecule has 0 bridgehead atoms. The average molecular weight is 488 g/mol. The van der Waals surface area contributed by atoms with Crippen LogP contribution in [0.4, 0.5) is 24.5 Å². The molecule has 1 aliphatic heterocycles. The fraction of sp³-hybridized carbons (Fsp3) is 0.250. The minimum absolute atomic E-state index is 0.0633. The van der Waals surface area contributed by atoms with Crippen LogP contribution < -0.4 is 20.1 Å². The number of hydrogen-bond donors (Lipinski definition) is 2. The van der Waals surface area contributed by atoms with Gasteiger partial charge in [0.05, 0.1) is 30.5 Å². The highest BCUT2D eigenvalue weighted by molar-refractivity contribution is 8.15. The van der Waals surface area contributed by atoms with Gasteiger partial charge in [-0.15, -0.1) is 0 Å². The lowest BCUT2D eigenvalue weighted by molar-refractivity contribution is -0.137. The molecule has 2 aromatic rings. The van der Waals surface area contributed by atoms with Gasteiger partial charge < -0.3 is 20.1 Å².